The molecule has 0 amide bonds. The maximum Gasteiger partial charge on any atom is 0.198 e. The molecule has 104 valence electrons. The van der Waals surface area contributed by atoms with Crippen LogP contribution in [0.25, 0.3) is 0 Å². The third-order valence-electron chi connectivity index (χ3n) is 3.83. The van der Waals surface area contributed by atoms with Crippen molar-refractivity contribution < 1.29 is 9.90 Å². The summed E-state index contributed by atoms with van der Waals surface area (Å²) in [7, 11) is 0. The fourth-order valence-corrected chi connectivity index (χ4v) is 2.47. The van der Waals surface area contributed by atoms with E-state index in [1.165, 1.54) is 0 Å². The molecule has 2 aromatic rings. The minimum atomic E-state index is -0.238. The maximum absolute atomic E-state index is 12.6. The molecule has 0 saturated carbocycles. The van der Waals surface area contributed by atoms with E-state index in [0.717, 1.165) is 16.7 Å². The molecule has 0 saturated heterocycles. The standard InChI is InChI=1S/C17H19NO2/c1-4-13-10(2)11(3)15(18)14(17(13)20)16(19)12-8-6-5-7-9-12/h5-9,20H,4,18H2,1-3H3. The Morgan fingerprint density at radius 1 is 1.15 bits per heavy atom. The molecule has 2 rings (SSSR count). The quantitative estimate of drug-likeness (QED) is 0.663. The molecule has 0 aromatic heterocycles. The van der Waals surface area contributed by atoms with Crippen molar-refractivity contribution in [3.8, 4) is 5.75 Å². The van der Waals surface area contributed by atoms with Gasteiger partial charge in [-0.3, -0.25) is 4.79 Å². The summed E-state index contributed by atoms with van der Waals surface area (Å²) < 4.78 is 0. The zero-order valence-electron chi connectivity index (χ0n) is 12.0. The van der Waals surface area contributed by atoms with E-state index >= 15 is 0 Å². The predicted octanol–water partition coefficient (Wildman–Crippen LogP) is 3.38. The highest BCUT2D eigenvalue weighted by molar-refractivity contribution is 6.14. The van der Waals surface area contributed by atoms with Gasteiger partial charge in [-0.25, -0.2) is 0 Å². The van der Waals surface area contributed by atoms with E-state index in [9.17, 15) is 9.90 Å². The largest absolute Gasteiger partial charge is 0.507 e. The third kappa shape index (κ3) is 2.16. The van der Waals surface area contributed by atoms with Gasteiger partial charge < -0.3 is 10.8 Å². The number of hydrogen-bond acceptors (Lipinski definition) is 3. The molecule has 0 atom stereocenters. The molecule has 20 heavy (non-hydrogen) atoms. The second kappa shape index (κ2) is 5.37. The normalized spacial score (nSPS) is 10.6. The van der Waals surface area contributed by atoms with Crippen LogP contribution in [0.4, 0.5) is 5.69 Å². The molecule has 0 aliphatic rings. The smallest absolute Gasteiger partial charge is 0.198 e. The van der Waals surface area contributed by atoms with E-state index < -0.39 is 0 Å². The molecule has 0 bridgehead atoms. The van der Waals surface area contributed by atoms with E-state index in [1.54, 1.807) is 24.3 Å². The summed E-state index contributed by atoms with van der Waals surface area (Å²) >= 11 is 0. The molecule has 0 unspecified atom stereocenters. The molecule has 2 aromatic carbocycles. The zero-order chi connectivity index (χ0) is 14.9. The number of benzene rings is 2. The highest BCUT2D eigenvalue weighted by Gasteiger charge is 2.22. The van der Waals surface area contributed by atoms with Crippen LogP contribution in [0, 0.1) is 13.8 Å². The number of phenols is 1. The fourth-order valence-electron chi connectivity index (χ4n) is 2.47. The van der Waals surface area contributed by atoms with Crippen molar-refractivity contribution in [2.75, 3.05) is 5.73 Å². The van der Waals surface area contributed by atoms with Crippen LogP contribution >= 0.6 is 0 Å². The van der Waals surface area contributed by atoms with Crippen molar-refractivity contribution in [2.45, 2.75) is 27.2 Å². The zero-order valence-corrected chi connectivity index (χ0v) is 12.0. The van der Waals surface area contributed by atoms with Gasteiger partial charge in [0.1, 0.15) is 5.75 Å². The van der Waals surface area contributed by atoms with Gasteiger partial charge in [-0.1, -0.05) is 37.3 Å². The Hall–Kier alpha value is -2.29. The summed E-state index contributed by atoms with van der Waals surface area (Å²) in [6.45, 7) is 5.75. The van der Waals surface area contributed by atoms with Gasteiger partial charge in [0.15, 0.2) is 5.78 Å². The highest BCUT2D eigenvalue weighted by atomic mass is 16.3. The average Bonchev–Trinajstić information content (AvgIpc) is 2.46. The van der Waals surface area contributed by atoms with E-state index in [2.05, 4.69) is 0 Å². The fraction of sp³-hybridized carbons (Fsp3) is 0.235. The second-order valence-corrected chi connectivity index (χ2v) is 4.91. The molecule has 0 fully saturated rings. The topological polar surface area (TPSA) is 63.3 Å². The van der Waals surface area contributed by atoms with Crippen molar-refractivity contribution >= 4 is 11.5 Å². The first-order valence-corrected chi connectivity index (χ1v) is 6.69. The van der Waals surface area contributed by atoms with E-state index in [-0.39, 0.29) is 17.1 Å². The first-order valence-electron chi connectivity index (χ1n) is 6.69. The lowest BCUT2D eigenvalue weighted by atomic mass is 9.90. The SMILES string of the molecule is CCc1c(C)c(C)c(N)c(C(=O)c2ccccc2)c1O. The molecule has 0 spiro atoms. The van der Waals surface area contributed by atoms with Crippen LogP contribution in [0.15, 0.2) is 30.3 Å². The number of rotatable bonds is 3. The van der Waals surface area contributed by atoms with Gasteiger partial charge in [0.2, 0.25) is 0 Å². The van der Waals surface area contributed by atoms with Crippen LogP contribution < -0.4 is 5.73 Å². The number of nitrogen functional groups attached to an aromatic ring is 1. The molecule has 0 radical (unpaired) electrons. The Morgan fingerprint density at radius 2 is 1.75 bits per heavy atom. The van der Waals surface area contributed by atoms with Gasteiger partial charge in [0, 0.05) is 11.3 Å². The lowest BCUT2D eigenvalue weighted by Gasteiger charge is -2.17. The number of ketones is 1. The van der Waals surface area contributed by atoms with Gasteiger partial charge >= 0.3 is 0 Å². The van der Waals surface area contributed by atoms with Crippen molar-refractivity contribution in [3.63, 3.8) is 0 Å². The summed E-state index contributed by atoms with van der Waals surface area (Å²) in [5, 5.41) is 10.4. The molecule has 3 nitrogen and oxygen atoms in total. The van der Waals surface area contributed by atoms with Gasteiger partial charge in [0.25, 0.3) is 0 Å². The van der Waals surface area contributed by atoms with Crippen molar-refractivity contribution in [1.29, 1.82) is 0 Å². The Bertz CT molecular complexity index is 661. The predicted molar refractivity (Wildman–Crippen MR) is 81.2 cm³/mol. The van der Waals surface area contributed by atoms with Crippen LogP contribution in [0.2, 0.25) is 0 Å². The summed E-state index contributed by atoms with van der Waals surface area (Å²) in [4.78, 5) is 12.6. The van der Waals surface area contributed by atoms with Crippen LogP contribution in [-0.4, -0.2) is 10.9 Å². The summed E-state index contributed by atoms with van der Waals surface area (Å²) in [5.74, 6) is -0.222. The van der Waals surface area contributed by atoms with E-state index in [0.29, 0.717) is 17.7 Å². The molecular weight excluding hydrogens is 250 g/mol. The Kier molecular flexibility index (Phi) is 3.79. The van der Waals surface area contributed by atoms with Gasteiger partial charge in [0.05, 0.1) is 5.56 Å². The lowest BCUT2D eigenvalue weighted by Crippen LogP contribution is -2.10. The van der Waals surface area contributed by atoms with Gasteiger partial charge in [-0.2, -0.15) is 0 Å². The number of carbonyl (C=O) groups is 1. The van der Waals surface area contributed by atoms with Crippen LogP contribution in [-0.2, 0) is 6.42 Å². The first-order chi connectivity index (χ1) is 9.49. The minimum Gasteiger partial charge on any atom is -0.507 e. The van der Waals surface area contributed by atoms with Gasteiger partial charge in [-0.15, -0.1) is 0 Å². The number of carbonyl (C=O) groups excluding carboxylic acids is 1. The number of nitrogens with two attached hydrogens (primary N) is 1. The van der Waals surface area contributed by atoms with Crippen molar-refractivity contribution in [1.82, 2.24) is 0 Å². The Labute approximate surface area is 119 Å². The van der Waals surface area contributed by atoms with E-state index in [1.807, 2.05) is 26.8 Å². The van der Waals surface area contributed by atoms with E-state index in [4.69, 9.17) is 5.73 Å². The first kappa shape index (κ1) is 14.1. The number of aromatic hydroxyl groups is 1. The Balaban J connectivity index is 2.69. The van der Waals surface area contributed by atoms with Crippen LogP contribution in [0.3, 0.4) is 0 Å². The number of phenolic OH excluding ortho intramolecular Hbond substituents is 1. The van der Waals surface area contributed by atoms with Crippen molar-refractivity contribution in [3.05, 3.63) is 58.1 Å². The lowest BCUT2D eigenvalue weighted by molar-refractivity contribution is 0.103. The van der Waals surface area contributed by atoms with Crippen molar-refractivity contribution in [2.24, 2.45) is 0 Å². The average molecular weight is 269 g/mol. The number of anilines is 1. The third-order valence-corrected chi connectivity index (χ3v) is 3.83. The summed E-state index contributed by atoms with van der Waals surface area (Å²) in [6, 6.07) is 8.88. The molecule has 0 aliphatic carbocycles. The van der Waals surface area contributed by atoms with Crippen LogP contribution in [0.5, 0.6) is 5.75 Å². The molecule has 0 aliphatic heterocycles. The molecule has 3 heteroatoms. The molecule has 3 N–H and O–H groups in total. The molecular formula is C17H19NO2. The summed E-state index contributed by atoms with van der Waals surface area (Å²) in [6.07, 6.45) is 0.661. The highest BCUT2D eigenvalue weighted by Crippen LogP contribution is 2.36. The Morgan fingerprint density at radius 3 is 2.30 bits per heavy atom. The number of hydrogen-bond donors (Lipinski definition) is 2. The molecule has 0 heterocycles. The maximum atomic E-state index is 12.6. The second-order valence-electron chi connectivity index (χ2n) is 4.91. The van der Waals surface area contributed by atoms with Gasteiger partial charge in [-0.05, 0) is 37.0 Å². The summed E-state index contributed by atoms with van der Waals surface area (Å²) in [5.41, 5.74) is 9.78. The van der Waals surface area contributed by atoms with Crippen LogP contribution in [0.1, 0.15) is 39.5 Å². The minimum absolute atomic E-state index is 0.0157. The monoisotopic (exact) mass is 269 g/mol.